The van der Waals surface area contributed by atoms with Gasteiger partial charge in [0.25, 0.3) is 0 Å². The summed E-state index contributed by atoms with van der Waals surface area (Å²) in [5.41, 5.74) is 2.73. The van der Waals surface area contributed by atoms with Gasteiger partial charge in [0.15, 0.2) is 5.65 Å². The summed E-state index contributed by atoms with van der Waals surface area (Å²) in [6, 6.07) is 12.5. The third kappa shape index (κ3) is 2.48. The molecular weight excluding hydrogens is 288 g/mol. The summed E-state index contributed by atoms with van der Waals surface area (Å²) >= 11 is 0. The second-order valence-electron chi connectivity index (χ2n) is 5.66. The Labute approximate surface area is 135 Å². The molecule has 3 aromatic rings. The van der Waals surface area contributed by atoms with Gasteiger partial charge in [-0.1, -0.05) is 18.2 Å². The standard InChI is InChI=1S/C18H18N4O/c1-23-16-7-3-2-5-13(16)15-6-4-12-22(15)17-9-8-14-18(21-17)20-11-10-19-14/h2-3,5,7-11,15H,4,6,12H2,1H3. The first-order valence-corrected chi connectivity index (χ1v) is 7.84. The number of pyridine rings is 1. The average Bonchev–Trinajstić information content (AvgIpc) is 3.10. The fourth-order valence-corrected chi connectivity index (χ4v) is 3.31. The first-order chi connectivity index (χ1) is 11.4. The predicted octanol–water partition coefficient (Wildman–Crippen LogP) is 3.37. The number of para-hydroxylation sites is 1. The molecule has 23 heavy (non-hydrogen) atoms. The molecule has 3 heterocycles. The largest absolute Gasteiger partial charge is 0.496 e. The Bertz CT molecular complexity index is 836. The molecule has 5 nitrogen and oxygen atoms in total. The number of rotatable bonds is 3. The topological polar surface area (TPSA) is 51.1 Å². The predicted molar refractivity (Wildman–Crippen MR) is 89.6 cm³/mol. The first-order valence-electron chi connectivity index (χ1n) is 7.84. The van der Waals surface area contributed by atoms with Crippen LogP contribution in [0.1, 0.15) is 24.4 Å². The minimum Gasteiger partial charge on any atom is -0.496 e. The van der Waals surface area contributed by atoms with Crippen molar-refractivity contribution in [2.45, 2.75) is 18.9 Å². The van der Waals surface area contributed by atoms with Crippen molar-refractivity contribution < 1.29 is 4.74 Å². The highest BCUT2D eigenvalue weighted by atomic mass is 16.5. The molecule has 1 fully saturated rings. The van der Waals surface area contributed by atoms with Crippen molar-refractivity contribution in [1.82, 2.24) is 15.0 Å². The Hall–Kier alpha value is -2.69. The van der Waals surface area contributed by atoms with Gasteiger partial charge in [-0.25, -0.2) is 9.97 Å². The van der Waals surface area contributed by atoms with E-state index in [1.54, 1.807) is 19.5 Å². The summed E-state index contributed by atoms with van der Waals surface area (Å²) in [5, 5.41) is 0. The molecule has 0 amide bonds. The molecule has 1 aliphatic heterocycles. The molecule has 1 aliphatic rings. The Kier molecular flexibility index (Phi) is 3.54. The maximum atomic E-state index is 5.54. The van der Waals surface area contributed by atoms with Crippen molar-refractivity contribution >= 4 is 17.0 Å². The van der Waals surface area contributed by atoms with E-state index in [1.807, 2.05) is 24.3 Å². The van der Waals surface area contributed by atoms with E-state index >= 15 is 0 Å². The highest BCUT2D eigenvalue weighted by Gasteiger charge is 2.29. The molecular formula is C18H18N4O. The third-order valence-corrected chi connectivity index (χ3v) is 4.36. The lowest BCUT2D eigenvalue weighted by Gasteiger charge is -2.27. The Balaban J connectivity index is 1.74. The number of methoxy groups -OCH3 is 1. The van der Waals surface area contributed by atoms with Crippen LogP contribution in [0.5, 0.6) is 5.75 Å². The number of hydrogen-bond donors (Lipinski definition) is 0. The number of nitrogens with zero attached hydrogens (tertiary/aromatic N) is 4. The van der Waals surface area contributed by atoms with Gasteiger partial charge in [0.1, 0.15) is 17.1 Å². The molecule has 1 aromatic carbocycles. The number of anilines is 1. The fraction of sp³-hybridized carbons (Fsp3) is 0.278. The molecule has 1 saturated heterocycles. The number of hydrogen-bond acceptors (Lipinski definition) is 5. The zero-order valence-corrected chi connectivity index (χ0v) is 13.0. The first kappa shape index (κ1) is 13.9. The van der Waals surface area contributed by atoms with Crippen molar-refractivity contribution in [3.8, 4) is 5.75 Å². The number of benzene rings is 1. The smallest absolute Gasteiger partial charge is 0.180 e. The number of aromatic nitrogens is 3. The van der Waals surface area contributed by atoms with E-state index in [9.17, 15) is 0 Å². The molecule has 116 valence electrons. The van der Waals surface area contributed by atoms with Gasteiger partial charge in [-0.15, -0.1) is 0 Å². The van der Waals surface area contributed by atoms with Gasteiger partial charge in [0, 0.05) is 24.5 Å². The lowest BCUT2D eigenvalue weighted by atomic mass is 10.0. The molecule has 0 saturated carbocycles. The Morgan fingerprint density at radius 3 is 2.87 bits per heavy atom. The molecule has 1 atom stereocenters. The highest BCUT2D eigenvalue weighted by Crippen LogP contribution is 2.39. The van der Waals surface area contributed by atoms with E-state index in [4.69, 9.17) is 9.72 Å². The molecule has 0 spiro atoms. The second-order valence-corrected chi connectivity index (χ2v) is 5.66. The van der Waals surface area contributed by atoms with Gasteiger partial charge in [-0.05, 0) is 31.0 Å². The molecule has 0 bridgehead atoms. The summed E-state index contributed by atoms with van der Waals surface area (Å²) in [6.07, 6.45) is 5.61. The Morgan fingerprint density at radius 2 is 1.96 bits per heavy atom. The lowest BCUT2D eigenvalue weighted by Crippen LogP contribution is -2.24. The minimum atomic E-state index is 0.285. The number of fused-ring (bicyclic) bond motifs is 1. The van der Waals surface area contributed by atoms with E-state index in [1.165, 1.54) is 5.56 Å². The molecule has 1 unspecified atom stereocenters. The van der Waals surface area contributed by atoms with Crippen LogP contribution in [-0.4, -0.2) is 28.6 Å². The van der Waals surface area contributed by atoms with Gasteiger partial charge < -0.3 is 9.64 Å². The van der Waals surface area contributed by atoms with Crippen molar-refractivity contribution in [1.29, 1.82) is 0 Å². The van der Waals surface area contributed by atoms with Crippen LogP contribution in [0.25, 0.3) is 11.2 Å². The zero-order chi connectivity index (χ0) is 15.6. The van der Waals surface area contributed by atoms with E-state index in [-0.39, 0.29) is 6.04 Å². The maximum absolute atomic E-state index is 5.54. The molecule has 5 heteroatoms. The fourth-order valence-electron chi connectivity index (χ4n) is 3.31. The highest BCUT2D eigenvalue weighted by molar-refractivity contribution is 5.72. The van der Waals surface area contributed by atoms with Crippen LogP contribution in [0, 0.1) is 0 Å². The SMILES string of the molecule is COc1ccccc1C1CCCN1c1ccc2nccnc2n1. The van der Waals surface area contributed by atoms with Gasteiger partial charge >= 0.3 is 0 Å². The molecule has 0 aliphatic carbocycles. The van der Waals surface area contributed by atoms with Gasteiger partial charge in [-0.3, -0.25) is 4.98 Å². The lowest BCUT2D eigenvalue weighted by molar-refractivity contribution is 0.405. The summed E-state index contributed by atoms with van der Waals surface area (Å²) in [5.74, 6) is 1.89. The van der Waals surface area contributed by atoms with E-state index in [0.717, 1.165) is 36.5 Å². The van der Waals surface area contributed by atoms with Gasteiger partial charge in [0.05, 0.1) is 13.2 Å². The van der Waals surface area contributed by atoms with Crippen LogP contribution < -0.4 is 9.64 Å². The summed E-state index contributed by atoms with van der Waals surface area (Å²) in [6.45, 7) is 0.988. The van der Waals surface area contributed by atoms with Crippen LogP contribution in [0.3, 0.4) is 0 Å². The molecule has 2 aromatic heterocycles. The summed E-state index contributed by atoms with van der Waals surface area (Å²) in [4.78, 5) is 15.6. The van der Waals surface area contributed by atoms with E-state index in [2.05, 4.69) is 27.0 Å². The van der Waals surface area contributed by atoms with Crippen LogP contribution >= 0.6 is 0 Å². The minimum absolute atomic E-state index is 0.285. The van der Waals surface area contributed by atoms with Gasteiger partial charge in [0.2, 0.25) is 0 Å². The summed E-state index contributed by atoms with van der Waals surface area (Å²) in [7, 11) is 1.72. The summed E-state index contributed by atoms with van der Waals surface area (Å²) < 4.78 is 5.54. The number of ether oxygens (including phenoxy) is 1. The van der Waals surface area contributed by atoms with Crippen molar-refractivity contribution in [3.63, 3.8) is 0 Å². The monoisotopic (exact) mass is 306 g/mol. The third-order valence-electron chi connectivity index (χ3n) is 4.36. The van der Waals surface area contributed by atoms with Crippen LogP contribution in [0.2, 0.25) is 0 Å². The van der Waals surface area contributed by atoms with E-state index in [0.29, 0.717) is 5.65 Å². The maximum Gasteiger partial charge on any atom is 0.180 e. The quantitative estimate of drug-likeness (QED) is 0.742. The van der Waals surface area contributed by atoms with Crippen LogP contribution in [0.4, 0.5) is 5.82 Å². The van der Waals surface area contributed by atoms with Crippen LogP contribution in [-0.2, 0) is 0 Å². The van der Waals surface area contributed by atoms with Gasteiger partial charge in [-0.2, -0.15) is 0 Å². The van der Waals surface area contributed by atoms with Crippen molar-refractivity contribution in [3.05, 3.63) is 54.4 Å². The van der Waals surface area contributed by atoms with Crippen molar-refractivity contribution in [2.24, 2.45) is 0 Å². The average molecular weight is 306 g/mol. The zero-order valence-electron chi connectivity index (χ0n) is 13.0. The molecule has 0 radical (unpaired) electrons. The molecule has 0 N–H and O–H groups in total. The van der Waals surface area contributed by atoms with Crippen LogP contribution in [0.15, 0.2) is 48.8 Å². The van der Waals surface area contributed by atoms with E-state index < -0.39 is 0 Å². The Morgan fingerprint density at radius 1 is 1.09 bits per heavy atom. The second kappa shape index (κ2) is 5.83. The molecule has 4 rings (SSSR count). The normalized spacial score (nSPS) is 17.6. The van der Waals surface area contributed by atoms with Crippen molar-refractivity contribution in [2.75, 3.05) is 18.6 Å².